The molecule has 112 valence electrons. The van der Waals surface area contributed by atoms with Gasteiger partial charge in [-0.25, -0.2) is 0 Å². The summed E-state index contributed by atoms with van der Waals surface area (Å²) in [6.07, 6.45) is -0.608. The Labute approximate surface area is 135 Å². The molecule has 1 aromatic carbocycles. The standard InChI is InChI=1S/C13H18Br2N2O3/c1-8(13(18)17-3-4-19-2)20-12-10(14)5-9(7-16)6-11(12)15/h5-6,8H,3-4,7,16H2,1-2H3,(H,17,18). The molecule has 1 amide bonds. The zero-order valence-corrected chi connectivity index (χ0v) is 14.6. The second-order valence-corrected chi connectivity index (χ2v) is 5.85. The van der Waals surface area contributed by atoms with Crippen molar-refractivity contribution in [1.29, 1.82) is 0 Å². The predicted octanol–water partition coefficient (Wildman–Crippen LogP) is 2.20. The van der Waals surface area contributed by atoms with Crippen molar-refractivity contribution < 1.29 is 14.3 Å². The average molecular weight is 410 g/mol. The van der Waals surface area contributed by atoms with Gasteiger partial charge >= 0.3 is 0 Å². The van der Waals surface area contributed by atoms with Crippen molar-refractivity contribution in [3.8, 4) is 5.75 Å². The van der Waals surface area contributed by atoms with E-state index >= 15 is 0 Å². The molecule has 0 aliphatic heterocycles. The van der Waals surface area contributed by atoms with Crippen molar-refractivity contribution in [3.05, 3.63) is 26.6 Å². The Morgan fingerprint density at radius 3 is 2.50 bits per heavy atom. The number of carbonyl (C=O) groups is 1. The molecule has 0 aliphatic carbocycles. The number of benzene rings is 1. The predicted molar refractivity (Wildman–Crippen MR) is 84.7 cm³/mol. The summed E-state index contributed by atoms with van der Waals surface area (Å²) < 4.78 is 12.1. The lowest BCUT2D eigenvalue weighted by atomic mass is 10.2. The smallest absolute Gasteiger partial charge is 0.260 e. The number of methoxy groups -OCH3 is 1. The molecular weight excluding hydrogens is 392 g/mol. The van der Waals surface area contributed by atoms with Crippen molar-refractivity contribution in [3.63, 3.8) is 0 Å². The number of carbonyl (C=O) groups excluding carboxylic acids is 1. The summed E-state index contributed by atoms with van der Waals surface area (Å²) in [6.45, 7) is 3.05. The molecule has 0 saturated heterocycles. The summed E-state index contributed by atoms with van der Waals surface area (Å²) >= 11 is 6.84. The number of halogens is 2. The van der Waals surface area contributed by atoms with Crippen molar-refractivity contribution in [2.75, 3.05) is 20.3 Å². The third kappa shape index (κ3) is 5.05. The van der Waals surface area contributed by atoms with E-state index in [2.05, 4.69) is 37.2 Å². The van der Waals surface area contributed by atoms with Crippen LogP contribution in [-0.2, 0) is 16.1 Å². The molecule has 1 rings (SSSR count). The Bertz CT molecular complexity index is 446. The molecule has 0 heterocycles. The van der Waals surface area contributed by atoms with Gasteiger partial charge in [0.05, 0.1) is 15.6 Å². The lowest BCUT2D eigenvalue weighted by Gasteiger charge is -2.17. The fraction of sp³-hybridized carbons (Fsp3) is 0.462. The third-order valence-electron chi connectivity index (χ3n) is 2.56. The maximum Gasteiger partial charge on any atom is 0.260 e. The summed E-state index contributed by atoms with van der Waals surface area (Å²) in [4.78, 5) is 11.8. The zero-order chi connectivity index (χ0) is 15.1. The first-order valence-corrected chi connectivity index (χ1v) is 7.69. The fourth-order valence-corrected chi connectivity index (χ4v) is 2.96. The van der Waals surface area contributed by atoms with Crippen LogP contribution in [-0.4, -0.2) is 32.3 Å². The normalized spacial score (nSPS) is 12.1. The summed E-state index contributed by atoms with van der Waals surface area (Å²) in [6, 6.07) is 3.74. The Hall–Kier alpha value is -0.630. The van der Waals surface area contributed by atoms with Crippen LogP contribution in [0, 0.1) is 0 Å². The number of hydrogen-bond acceptors (Lipinski definition) is 4. The van der Waals surface area contributed by atoms with Crippen molar-refractivity contribution >= 4 is 37.8 Å². The van der Waals surface area contributed by atoms with Gasteiger partial charge in [-0.1, -0.05) is 0 Å². The Morgan fingerprint density at radius 2 is 2.00 bits per heavy atom. The third-order valence-corrected chi connectivity index (χ3v) is 3.74. The highest BCUT2D eigenvalue weighted by Crippen LogP contribution is 2.35. The van der Waals surface area contributed by atoms with Gasteiger partial charge in [-0.3, -0.25) is 4.79 Å². The molecule has 20 heavy (non-hydrogen) atoms. The van der Waals surface area contributed by atoms with E-state index in [9.17, 15) is 4.79 Å². The van der Waals surface area contributed by atoms with E-state index < -0.39 is 6.10 Å². The molecule has 0 aliphatic rings. The van der Waals surface area contributed by atoms with E-state index in [1.165, 1.54) is 0 Å². The molecule has 1 atom stereocenters. The van der Waals surface area contributed by atoms with Crippen molar-refractivity contribution in [1.82, 2.24) is 5.32 Å². The molecule has 0 spiro atoms. The van der Waals surface area contributed by atoms with Gasteiger partial charge in [0.15, 0.2) is 6.10 Å². The number of amides is 1. The molecule has 1 unspecified atom stereocenters. The molecule has 0 bridgehead atoms. The molecule has 3 N–H and O–H groups in total. The minimum absolute atomic E-state index is 0.191. The molecule has 0 fully saturated rings. The second-order valence-electron chi connectivity index (χ2n) is 4.14. The van der Waals surface area contributed by atoms with Crippen LogP contribution in [0.4, 0.5) is 0 Å². The summed E-state index contributed by atoms with van der Waals surface area (Å²) in [5.74, 6) is 0.389. The quantitative estimate of drug-likeness (QED) is 0.677. The maximum atomic E-state index is 11.8. The average Bonchev–Trinajstić information content (AvgIpc) is 2.42. The minimum Gasteiger partial charge on any atom is -0.479 e. The van der Waals surface area contributed by atoms with Gasteiger partial charge in [-0.2, -0.15) is 0 Å². The maximum absolute atomic E-state index is 11.8. The molecule has 0 aromatic heterocycles. The fourth-order valence-electron chi connectivity index (χ4n) is 1.49. The van der Waals surface area contributed by atoms with Gasteiger partial charge in [0.25, 0.3) is 5.91 Å². The van der Waals surface area contributed by atoms with E-state index in [4.69, 9.17) is 15.2 Å². The minimum atomic E-state index is -0.608. The van der Waals surface area contributed by atoms with Gasteiger partial charge in [0.2, 0.25) is 0 Å². The molecule has 1 aromatic rings. The van der Waals surface area contributed by atoms with Gasteiger partial charge in [-0.15, -0.1) is 0 Å². The SMILES string of the molecule is COCCNC(=O)C(C)Oc1c(Br)cc(CN)cc1Br. The Morgan fingerprint density at radius 1 is 1.40 bits per heavy atom. The first-order valence-electron chi connectivity index (χ1n) is 6.10. The molecule has 0 saturated carbocycles. The lowest BCUT2D eigenvalue weighted by molar-refractivity contribution is -0.127. The second kappa shape index (κ2) is 8.61. The molecular formula is C13H18Br2N2O3. The van der Waals surface area contributed by atoms with Crippen molar-refractivity contribution in [2.45, 2.75) is 19.6 Å². The van der Waals surface area contributed by atoms with Crippen LogP contribution in [0.3, 0.4) is 0 Å². The van der Waals surface area contributed by atoms with Crippen LogP contribution in [0.5, 0.6) is 5.75 Å². The highest BCUT2D eigenvalue weighted by molar-refractivity contribution is 9.11. The first kappa shape index (κ1) is 17.4. The number of hydrogen-bond donors (Lipinski definition) is 2. The van der Waals surface area contributed by atoms with Crippen LogP contribution < -0.4 is 15.8 Å². The van der Waals surface area contributed by atoms with E-state index in [0.29, 0.717) is 25.4 Å². The molecule has 7 heteroatoms. The monoisotopic (exact) mass is 408 g/mol. The van der Waals surface area contributed by atoms with Gasteiger partial charge in [0, 0.05) is 20.2 Å². The number of nitrogens with one attached hydrogen (secondary N) is 1. The van der Waals surface area contributed by atoms with E-state index in [1.807, 2.05) is 12.1 Å². The van der Waals surface area contributed by atoms with E-state index in [1.54, 1.807) is 14.0 Å². The summed E-state index contributed by atoms with van der Waals surface area (Å²) in [5.41, 5.74) is 6.56. The molecule has 5 nitrogen and oxygen atoms in total. The Kier molecular flexibility index (Phi) is 7.50. The van der Waals surface area contributed by atoms with Crippen LogP contribution in [0.1, 0.15) is 12.5 Å². The van der Waals surface area contributed by atoms with Crippen LogP contribution in [0.15, 0.2) is 21.1 Å². The highest BCUT2D eigenvalue weighted by atomic mass is 79.9. The number of rotatable bonds is 7. The number of nitrogens with two attached hydrogens (primary N) is 1. The Balaban J connectivity index is 2.70. The lowest BCUT2D eigenvalue weighted by Crippen LogP contribution is -2.38. The van der Waals surface area contributed by atoms with Crippen LogP contribution in [0.2, 0.25) is 0 Å². The van der Waals surface area contributed by atoms with Gasteiger partial charge in [0.1, 0.15) is 5.75 Å². The van der Waals surface area contributed by atoms with Crippen LogP contribution >= 0.6 is 31.9 Å². The molecule has 0 radical (unpaired) electrons. The number of ether oxygens (including phenoxy) is 2. The highest BCUT2D eigenvalue weighted by Gasteiger charge is 2.17. The van der Waals surface area contributed by atoms with E-state index in [0.717, 1.165) is 14.5 Å². The van der Waals surface area contributed by atoms with Crippen molar-refractivity contribution in [2.24, 2.45) is 5.73 Å². The van der Waals surface area contributed by atoms with Gasteiger partial charge in [-0.05, 0) is 56.5 Å². The van der Waals surface area contributed by atoms with Gasteiger partial charge < -0.3 is 20.5 Å². The first-order chi connectivity index (χ1) is 9.49. The topological polar surface area (TPSA) is 73.6 Å². The van der Waals surface area contributed by atoms with Crippen LogP contribution in [0.25, 0.3) is 0 Å². The largest absolute Gasteiger partial charge is 0.479 e. The summed E-state index contributed by atoms with van der Waals surface area (Å²) in [7, 11) is 1.58. The zero-order valence-electron chi connectivity index (χ0n) is 11.4. The van der Waals surface area contributed by atoms with E-state index in [-0.39, 0.29) is 5.91 Å². The summed E-state index contributed by atoms with van der Waals surface area (Å²) in [5, 5.41) is 2.73.